The maximum atomic E-state index is 11.0. The van der Waals surface area contributed by atoms with Gasteiger partial charge in [0.2, 0.25) is 0 Å². The third kappa shape index (κ3) is 7.46. The molecule has 3 aromatic rings. The fourth-order valence-electron chi connectivity index (χ4n) is 3.04. The van der Waals surface area contributed by atoms with E-state index >= 15 is 0 Å². The zero-order chi connectivity index (χ0) is 23.8. The fourth-order valence-corrected chi connectivity index (χ4v) is 5.31. The van der Waals surface area contributed by atoms with Crippen LogP contribution >= 0.6 is 31.4 Å². The van der Waals surface area contributed by atoms with Gasteiger partial charge in [-0.3, -0.25) is 14.7 Å². The Kier molecular flexibility index (Phi) is 9.60. The van der Waals surface area contributed by atoms with Crippen LogP contribution in [0.2, 0.25) is 0 Å². The van der Waals surface area contributed by atoms with E-state index in [1.54, 1.807) is 23.5 Å². The molecule has 10 nitrogen and oxygen atoms in total. The van der Waals surface area contributed by atoms with Crippen LogP contribution in [0.25, 0.3) is 10.8 Å². The van der Waals surface area contributed by atoms with Crippen LogP contribution < -0.4 is 5.32 Å². The molecule has 2 aromatic heterocycles. The molecule has 0 saturated heterocycles. The Bertz CT molecular complexity index is 1110. The minimum atomic E-state index is -2.86. The first-order valence-corrected chi connectivity index (χ1v) is 13.3. The first-order chi connectivity index (χ1) is 15.9. The Morgan fingerprint density at radius 2 is 2.21 bits per heavy atom. The molecular weight excluding hydrogens is 487 g/mol. The average Bonchev–Trinajstić information content (AvgIpc) is 3.42. The number of hydrogen-bond donors (Lipinski definition) is 2. The van der Waals surface area contributed by atoms with Crippen molar-refractivity contribution in [2.24, 2.45) is 0 Å². The number of rotatable bonds is 13. The maximum Gasteiger partial charge on any atom is 0.316 e. The number of non-ortho nitro benzene ring substituents is 1. The summed E-state index contributed by atoms with van der Waals surface area (Å²) in [5.74, 6) is 0.457. The van der Waals surface area contributed by atoms with E-state index in [1.165, 1.54) is 17.8 Å². The average molecular weight is 513 g/mol. The largest absolute Gasteiger partial charge is 0.410 e. The van der Waals surface area contributed by atoms with Crippen molar-refractivity contribution < 1.29 is 23.3 Å². The standard InChI is InChI=1S/C20H25N4O6PS2/c1-3-14-11-17(12-21-8-5-9-29-31(27)28)33-18(14)19-22-23-20(30-19)32-13(2)15-6-4-7-16(10-15)24(25)26/h4,6-7,10-11,13,21,31H,3,5,8-9,12H2,1-2H3,(H,27,28). The van der Waals surface area contributed by atoms with E-state index < -0.39 is 13.2 Å². The van der Waals surface area contributed by atoms with Gasteiger partial charge in [-0.1, -0.05) is 30.8 Å². The fraction of sp³-hybridized carbons (Fsp3) is 0.400. The molecule has 3 rings (SSSR count). The molecule has 0 aliphatic rings. The molecule has 0 radical (unpaired) electrons. The van der Waals surface area contributed by atoms with Crippen molar-refractivity contribution in [3.63, 3.8) is 0 Å². The molecule has 33 heavy (non-hydrogen) atoms. The van der Waals surface area contributed by atoms with Crippen molar-refractivity contribution in [3.8, 4) is 10.8 Å². The van der Waals surface area contributed by atoms with Crippen LogP contribution in [0.3, 0.4) is 0 Å². The van der Waals surface area contributed by atoms with Gasteiger partial charge in [-0.05, 0) is 43.5 Å². The second kappa shape index (κ2) is 12.4. The SMILES string of the molecule is CCc1cc(CNCCCO[PH](=O)O)sc1-c1nnc(SC(C)c2cccc([N+](=O)[O-])c2)o1. The van der Waals surface area contributed by atoms with E-state index in [2.05, 4.69) is 33.0 Å². The van der Waals surface area contributed by atoms with Crippen LogP contribution in [0.4, 0.5) is 5.69 Å². The van der Waals surface area contributed by atoms with E-state index in [0.717, 1.165) is 27.3 Å². The van der Waals surface area contributed by atoms with Crippen molar-refractivity contribution in [1.82, 2.24) is 15.5 Å². The number of nitrogens with zero attached hydrogens (tertiary/aromatic N) is 3. The minimum absolute atomic E-state index is 0.0513. The number of thiophene rings is 1. The smallest absolute Gasteiger partial charge is 0.316 e. The minimum Gasteiger partial charge on any atom is -0.410 e. The topological polar surface area (TPSA) is 141 Å². The normalized spacial score (nSPS) is 13.2. The second-order valence-corrected chi connectivity index (χ2v) is 10.3. The lowest BCUT2D eigenvalue weighted by atomic mass is 10.1. The number of thioether (sulfide) groups is 1. The summed E-state index contributed by atoms with van der Waals surface area (Å²) in [6.07, 6.45) is 1.46. The number of aryl methyl sites for hydroxylation is 1. The van der Waals surface area contributed by atoms with Crippen LogP contribution in [-0.2, 0) is 22.1 Å². The Morgan fingerprint density at radius 1 is 1.39 bits per heavy atom. The molecule has 0 bridgehead atoms. The zero-order valence-electron chi connectivity index (χ0n) is 18.1. The van der Waals surface area contributed by atoms with Crippen molar-refractivity contribution in [1.29, 1.82) is 0 Å². The van der Waals surface area contributed by atoms with E-state index in [0.29, 0.717) is 30.6 Å². The molecule has 0 fully saturated rings. The molecule has 0 saturated carbocycles. The highest BCUT2D eigenvalue weighted by Crippen LogP contribution is 2.38. The lowest BCUT2D eigenvalue weighted by Crippen LogP contribution is -2.15. The Balaban J connectivity index is 1.61. The third-order valence-corrected chi connectivity index (χ3v) is 7.30. The van der Waals surface area contributed by atoms with Crippen molar-refractivity contribution in [2.75, 3.05) is 13.2 Å². The predicted octanol–water partition coefficient (Wildman–Crippen LogP) is 5.00. The lowest BCUT2D eigenvalue weighted by Gasteiger charge is -2.08. The summed E-state index contributed by atoms with van der Waals surface area (Å²) in [5, 5.41) is 23.0. The molecule has 0 spiro atoms. The van der Waals surface area contributed by atoms with Gasteiger partial charge in [0.25, 0.3) is 16.8 Å². The van der Waals surface area contributed by atoms with Gasteiger partial charge in [-0.15, -0.1) is 21.5 Å². The van der Waals surface area contributed by atoms with Crippen molar-refractivity contribution in [2.45, 2.75) is 43.7 Å². The monoisotopic (exact) mass is 512 g/mol. The number of nitro groups is 1. The zero-order valence-corrected chi connectivity index (χ0v) is 20.8. The van der Waals surface area contributed by atoms with Gasteiger partial charge in [0.1, 0.15) is 0 Å². The van der Waals surface area contributed by atoms with Gasteiger partial charge in [0.05, 0.1) is 16.4 Å². The molecule has 2 atom stereocenters. The summed E-state index contributed by atoms with van der Waals surface area (Å²) < 4.78 is 21.1. The summed E-state index contributed by atoms with van der Waals surface area (Å²) in [6.45, 7) is 5.57. The molecule has 2 heterocycles. The van der Waals surface area contributed by atoms with Crippen LogP contribution in [0.15, 0.2) is 40.0 Å². The molecule has 1 aromatic carbocycles. The number of hydrogen-bond acceptors (Lipinski definition) is 10. The van der Waals surface area contributed by atoms with Gasteiger partial charge in [-0.2, -0.15) is 0 Å². The van der Waals surface area contributed by atoms with Gasteiger partial charge in [0.15, 0.2) is 0 Å². The van der Waals surface area contributed by atoms with Gasteiger partial charge in [0, 0.05) is 28.8 Å². The number of nitro benzene ring substituents is 1. The molecule has 13 heteroatoms. The Hall–Kier alpha value is -2.08. The Labute approximate surface area is 199 Å². The molecule has 2 N–H and O–H groups in total. The van der Waals surface area contributed by atoms with Crippen molar-refractivity contribution in [3.05, 3.63) is 56.5 Å². The van der Waals surface area contributed by atoms with E-state index in [4.69, 9.17) is 9.31 Å². The van der Waals surface area contributed by atoms with Gasteiger partial charge < -0.3 is 19.2 Å². The summed E-state index contributed by atoms with van der Waals surface area (Å²) in [4.78, 5) is 21.3. The van der Waals surface area contributed by atoms with E-state index in [9.17, 15) is 14.7 Å². The molecular formula is C20H25N4O6PS2. The maximum absolute atomic E-state index is 11.0. The predicted molar refractivity (Wildman–Crippen MR) is 128 cm³/mol. The van der Waals surface area contributed by atoms with Gasteiger partial charge >= 0.3 is 8.25 Å². The lowest BCUT2D eigenvalue weighted by molar-refractivity contribution is -0.384. The first kappa shape index (κ1) is 25.5. The van der Waals surface area contributed by atoms with Crippen LogP contribution in [0.5, 0.6) is 0 Å². The third-order valence-electron chi connectivity index (χ3n) is 4.69. The molecule has 0 aliphatic carbocycles. The van der Waals surface area contributed by atoms with E-state index in [-0.39, 0.29) is 17.5 Å². The van der Waals surface area contributed by atoms with E-state index in [1.807, 2.05) is 13.0 Å². The molecule has 0 amide bonds. The molecule has 178 valence electrons. The highest BCUT2D eigenvalue weighted by atomic mass is 32.2. The van der Waals surface area contributed by atoms with Gasteiger partial charge in [-0.25, -0.2) is 0 Å². The van der Waals surface area contributed by atoms with Crippen LogP contribution in [-0.4, -0.2) is 33.2 Å². The summed E-state index contributed by atoms with van der Waals surface area (Å²) in [7, 11) is -2.86. The summed E-state index contributed by atoms with van der Waals surface area (Å²) in [5.41, 5.74) is 1.98. The van der Waals surface area contributed by atoms with Crippen LogP contribution in [0, 0.1) is 10.1 Å². The van der Waals surface area contributed by atoms with Crippen molar-refractivity contribution >= 4 is 37.0 Å². The Morgan fingerprint density at radius 3 is 2.94 bits per heavy atom. The van der Waals surface area contributed by atoms with Crippen LogP contribution in [0.1, 0.15) is 41.5 Å². The second-order valence-electron chi connectivity index (χ2n) is 7.05. The molecule has 2 unspecified atom stereocenters. The number of benzene rings is 1. The summed E-state index contributed by atoms with van der Waals surface area (Å²) >= 11 is 2.94. The highest BCUT2D eigenvalue weighted by molar-refractivity contribution is 7.99. The first-order valence-electron chi connectivity index (χ1n) is 10.3. The summed E-state index contributed by atoms with van der Waals surface area (Å²) in [6, 6.07) is 8.64. The number of aromatic nitrogens is 2. The number of nitrogens with one attached hydrogen (secondary N) is 1. The highest BCUT2D eigenvalue weighted by Gasteiger charge is 2.19. The quantitative estimate of drug-likeness (QED) is 0.106. The molecule has 0 aliphatic heterocycles.